The van der Waals surface area contributed by atoms with Crippen molar-refractivity contribution in [3.63, 3.8) is 0 Å². The van der Waals surface area contributed by atoms with E-state index >= 15 is 0 Å². The van der Waals surface area contributed by atoms with Crippen LogP contribution in [-0.4, -0.2) is 4.57 Å². The SMILES string of the molecule is [2H]c1c([2H])c([2H])c2c(c1[2H])c1c([2H])c([2H])c([2H])c([2H])c1n2-c1ccc2cc3c(cc2c1)-c1cc2cc(N(c4ccccc4C)c4ccccc4C)ccc2cc1-3. The van der Waals surface area contributed by atoms with E-state index in [1.54, 1.807) is 4.57 Å². The van der Waals surface area contributed by atoms with Crippen LogP contribution in [0.15, 0.2) is 158 Å². The number of hydrogen-bond donors (Lipinski definition) is 0. The first kappa shape index (κ1) is 20.2. The van der Waals surface area contributed by atoms with E-state index in [1.165, 1.54) is 16.7 Å². The van der Waals surface area contributed by atoms with Crippen LogP contribution in [0.3, 0.4) is 0 Å². The maximum absolute atomic E-state index is 8.91. The highest BCUT2D eigenvalue weighted by atomic mass is 15.1. The Hall–Kier alpha value is -6.12. The summed E-state index contributed by atoms with van der Waals surface area (Å²) in [6, 6.07) is 34.9. The van der Waals surface area contributed by atoms with Crippen molar-refractivity contribution in [2.45, 2.75) is 13.8 Å². The predicted molar refractivity (Wildman–Crippen MR) is 204 cm³/mol. The van der Waals surface area contributed by atoms with Gasteiger partial charge in [0.05, 0.1) is 22.0 Å². The first-order valence-corrected chi connectivity index (χ1v) is 16.0. The van der Waals surface area contributed by atoms with Gasteiger partial charge in [-0.1, -0.05) is 84.8 Å². The van der Waals surface area contributed by atoms with Gasteiger partial charge in [-0.05, 0) is 142 Å². The molecule has 0 aliphatic heterocycles. The van der Waals surface area contributed by atoms with Crippen LogP contribution in [0.2, 0.25) is 0 Å². The van der Waals surface area contributed by atoms with Gasteiger partial charge in [-0.25, -0.2) is 0 Å². The van der Waals surface area contributed by atoms with Gasteiger partial charge < -0.3 is 9.47 Å². The molecular weight excluding hydrogens is 581 g/mol. The minimum absolute atomic E-state index is 0.0684. The molecule has 1 aliphatic carbocycles. The summed E-state index contributed by atoms with van der Waals surface area (Å²) in [7, 11) is 0. The molecule has 0 amide bonds. The highest BCUT2D eigenvalue weighted by Gasteiger charge is 2.25. The Morgan fingerprint density at radius 2 is 0.958 bits per heavy atom. The largest absolute Gasteiger partial charge is 0.310 e. The second-order valence-corrected chi connectivity index (χ2v) is 12.5. The van der Waals surface area contributed by atoms with Crippen molar-refractivity contribution in [3.05, 3.63) is 169 Å². The molecule has 0 spiro atoms. The summed E-state index contributed by atoms with van der Waals surface area (Å²) in [6.45, 7) is 4.27. The summed E-state index contributed by atoms with van der Waals surface area (Å²) < 4.78 is 70.6. The first-order chi connectivity index (χ1) is 26.9. The average molecular weight is 621 g/mol. The monoisotopic (exact) mass is 620 g/mol. The number of para-hydroxylation sites is 4. The number of benzene rings is 8. The molecule has 2 nitrogen and oxygen atoms in total. The Morgan fingerprint density at radius 1 is 0.479 bits per heavy atom. The number of rotatable bonds is 4. The van der Waals surface area contributed by atoms with Gasteiger partial charge in [-0.2, -0.15) is 0 Å². The minimum atomic E-state index is -0.455. The van der Waals surface area contributed by atoms with Gasteiger partial charge in [-0.3, -0.25) is 0 Å². The average Bonchev–Trinajstić information content (AvgIpc) is 3.57. The lowest BCUT2D eigenvalue weighted by atomic mass is 9.78. The predicted octanol–water partition coefficient (Wildman–Crippen LogP) is 12.8. The third-order valence-electron chi connectivity index (χ3n) is 9.76. The fourth-order valence-electron chi connectivity index (χ4n) is 7.39. The van der Waals surface area contributed by atoms with E-state index in [2.05, 4.69) is 110 Å². The molecule has 0 saturated heterocycles. The van der Waals surface area contributed by atoms with Gasteiger partial charge in [0, 0.05) is 33.5 Å². The van der Waals surface area contributed by atoms with E-state index in [-0.39, 0.29) is 46.0 Å². The molecule has 8 aromatic carbocycles. The number of aryl methyl sites for hydroxylation is 2. The number of nitrogens with zero attached hydrogens (tertiary/aromatic N) is 2. The summed E-state index contributed by atoms with van der Waals surface area (Å²) in [5, 5.41) is 4.26. The normalized spacial score (nSPS) is 14.3. The van der Waals surface area contributed by atoms with E-state index in [0.29, 0.717) is 5.69 Å². The minimum Gasteiger partial charge on any atom is -0.310 e. The Kier molecular flexibility index (Phi) is 4.29. The molecule has 10 rings (SSSR count). The molecule has 1 aliphatic rings. The second kappa shape index (κ2) is 10.2. The zero-order valence-corrected chi connectivity index (χ0v) is 26.3. The molecule has 9 aromatic rings. The number of hydrogen-bond acceptors (Lipinski definition) is 1. The lowest BCUT2D eigenvalue weighted by Gasteiger charge is -2.29. The van der Waals surface area contributed by atoms with Crippen molar-refractivity contribution in [1.29, 1.82) is 0 Å². The Balaban J connectivity index is 1.14. The molecule has 0 fully saturated rings. The lowest BCUT2D eigenvalue weighted by Crippen LogP contribution is -2.12. The maximum Gasteiger partial charge on any atom is 0.0645 e. The molecule has 0 N–H and O–H groups in total. The fraction of sp³-hybridized carbons (Fsp3) is 0.0435. The molecule has 2 heteroatoms. The third kappa shape index (κ3) is 3.93. The quantitative estimate of drug-likeness (QED) is 0.190. The maximum atomic E-state index is 8.91. The van der Waals surface area contributed by atoms with Crippen molar-refractivity contribution in [2.75, 3.05) is 4.90 Å². The van der Waals surface area contributed by atoms with E-state index < -0.39 is 24.2 Å². The smallest absolute Gasteiger partial charge is 0.0645 e. The van der Waals surface area contributed by atoms with E-state index in [0.717, 1.165) is 55.3 Å². The topological polar surface area (TPSA) is 8.17 Å². The number of anilines is 3. The number of aromatic nitrogens is 1. The van der Waals surface area contributed by atoms with Gasteiger partial charge >= 0.3 is 0 Å². The highest BCUT2D eigenvalue weighted by molar-refractivity contribution is 6.13. The van der Waals surface area contributed by atoms with Crippen molar-refractivity contribution >= 4 is 60.4 Å². The van der Waals surface area contributed by atoms with Crippen molar-refractivity contribution < 1.29 is 11.0 Å². The Bertz CT molecular complexity index is 3100. The van der Waals surface area contributed by atoms with Crippen molar-refractivity contribution in [1.82, 2.24) is 4.57 Å². The van der Waals surface area contributed by atoms with Gasteiger partial charge in [0.2, 0.25) is 0 Å². The molecule has 48 heavy (non-hydrogen) atoms. The molecule has 0 saturated carbocycles. The lowest BCUT2D eigenvalue weighted by molar-refractivity contribution is 1.19. The summed E-state index contributed by atoms with van der Waals surface area (Å²) in [5.41, 5.74) is 11.0. The fourth-order valence-corrected chi connectivity index (χ4v) is 7.39. The van der Waals surface area contributed by atoms with Crippen molar-refractivity contribution in [3.8, 4) is 27.9 Å². The zero-order chi connectivity index (χ0) is 38.9. The zero-order valence-electron chi connectivity index (χ0n) is 34.3. The van der Waals surface area contributed by atoms with Crippen LogP contribution < -0.4 is 4.90 Å². The molecule has 1 aromatic heterocycles. The molecule has 0 bridgehead atoms. The van der Waals surface area contributed by atoms with Crippen LogP contribution in [-0.2, 0) is 0 Å². The van der Waals surface area contributed by atoms with Crippen LogP contribution >= 0.6 is 0 Å². The van der Waals surface area contributed by atoms with Crippen LogP contribution in [0, 0.1) is 13.8 Å². The summed E-state index contributed by atoms with van der Waals surface area (Å²) in [6.07, 6.45) is 0. The molecule has 0 radical (unpaired) electrons. The molecule has 1 heterocycles. The van der Waals surface area contributed by atoms with Crippen LogP contribution in [0.1, 0.15) is 22.1 Å². The number of fused-ring (bicyclic) bond motifs is 9. The van der Waals surface area contributed by atoms with Gasteiger partial charge in [0.25, 0.3) is 0 Å². The van der Waals surface area contributed by atoms with Crippen LogP contribution in [0.4, 0.5) is 17.1 Å². The van der Waals surface area contributed by atoms with E-state index in [9.17, 15) is 0 Å². The van der Waals surface area contributed by atoms with Gasteiger partial charge in [0.1, 0.15) is 0 Å². The van der Waals surface area contributed by atoms with Crippen LogP contribution in [0.5, 0.6) is 0 Å². The first-order valence-electron chi connectivity index (χ1n) is 20.0. The standard InChI is InChI=1S/C46H32N2/c1-29-11-3-7-15-43(29)47(44-16-8-4-12-30(44)2)35-21-19-31-25-39-40-26-32-20-22-36(24-34(32)28-42(40)41(39)27-33(31)23-35)48-45-17-9-5-13-37(45)38-14-6-10-18-46(38)48/h3-28H,1-2H3/i5D,6D,9D,10D,13D,14D,17D,18D. The van der Waals surface area contributed by atoms with Crippen LogP contribution in [0.25, 0.3) is 71.3 Å². The third-order valence-corrected chi connectivity index (χ3v) is 9.76. The molecule has 226 valence electrons. The summed E-state index contributed by atoms with van der Waals surface area (Å²) in [5.74, 6) is 0. The molecular formula is C46H32N2. The molecule has 0 unspecified atom stereocenters. The Labute approximate surface area is 291 Å². The summed E-state index contributed by atoms with van der Waals surface area (Å²) >= 11 is 0. The van der Waals surface area contributed by atoms with E-state index in [1.807, 2.05) is 18.2 Å². The van der Waals surface area contributed by atoms with Crippen molar-refractivity contribution in [2.24, 2.45) is 0 Å². The van der Waals surface area contributed by atoms with Gasteiger partial charge in [-0.15, -0.1) is 0 Å². The molecule has 0 atom stereocenters. The van der Waals surface area contributed by atoms with E-state index in [4.69, 9.17) is 11.0 Å². The van der Waals surface area contributed by atoms with Gasteiger partial charge in [0.15, 0.2) is 0 Å². The second-order valence-electron chi connectivity index (χ2n) is 12.5. The highest BCUT2D eigenvalue weighted by Crippen LogP contribution is 2.51. The Morgan fingerprint density at radius 3 is 1.52 bits per heavy atom. The summed E-state index contributed by atoms with van der Waals surface area (Å²) in [4.78, 5) is 2.32.